The van der Waals surface area contributed by atoms with Crippen molar-refractivity contribution in [3.8, 4) is 11.5 Å². The van der Waals surface area contributed by atoms with Gasteiger partial charge in [-0.15, -0.1) is 0 Å². The Morgan fingerprint density at radius 1 is 1.20 bits per heavy atom. The van der Waals surface area contributed by atoms with Crippen LogP contribution in [0.4, 0.5) is 0 Å². The second kappa shape index (κ2) is 6.95. The standard InChI is InChI=1S/C16H26N2O2/c1-5-14(17-2)11-18-7-6-12-8-15(19-3)16(20-4)9-13(12)10-18/h8-9,14,17H,5-7,10-11H2,1-4H3. The van der Waals surface area contributed by atoms with E-state index < -0.39 is 0 Å². The number of hydrogen-bond acceptors (Lipinski definition) is 4. The van der Waals surface area contributed by atoms with E-state index in [9.17, 15) is 0 Å². The SMILES string of the molecule is CCC(CN1CCc2cc(OC)c(OC)cc2C1)NC. The van der Waals surface area contributed by atoms with Crippen molar-refractivity contribution in [2.45, 2.75) is 32.4 Å². The fourth-order valence-electron chi connectivity index (χ4n) is 2.83. The highest BCUT2D eigenvalue weighted by Gasteiger charge is 2.20. The number of nitrogens with zero attached hydrogens (tertiary/aromatic N) is 1. The predicted molar refractivity (Wildman–Crippen MR) is 81.7 cm³/mol. The van der Waals surface area contributed by atoms with Crippen LogP contribution in [0.1, 0.15) is 24.5 Å². The molecule has 1 unspecified atom stereocenters. The molecule has 4 nitrogen and oxygen atoms in total. The van der Waals surface area contributed by atoms with Crippen LogP contribution in [0.2, 0.25) is 0 Å². The molecule has 4 heteroatoms. The van der Waals surface area contributed by atoms with Gasteiger partial charge in [-0.05, 0) is 43.1 Å². The molecule has 1 aliphatic heterocycles. The third-order valence-electron chi connectivity index (χ3n) is 4.18. The van der Waals surface area contributed by atoms with E-state index in [1.807, 2.05) is 7.05 Å². The van der Waals surface area contributed by atoms with Gasteiger partial charge in [-0.2, -0.15) is 0 Å². The molecule has 1 aromatic carbocycles. The molecule has 0 fully saturated rings. The van der Waals surface area contributed by atoms with Gasteiger partial charge in [0, 0.05) is 25.7 Å². The minimum absolute atomic E-state index is 0.566. The first-order valence-electron chi connectivity index (χ1n) is 7.35. The quantitative estimate of drug-likeness (QED) is 0.863. The lowest BCUT2D eigenvalue weighted by molar-refractivity contribution is 0.224. The normalized spacial score (nSPS) is 16.6. The highest BCUT2D eigenvalue weighted by Crippen LogP contribution is 2.33. The largest absolute Gasteiger partial charge is 0.493 e. The lowest BCUT2D eigenvalue weighted by Gasteiger charge is -2.32. The number of methoxy groups -OCH3 is 2. The summed E-state index contributed by atoms with van der Waals surface area (Å²) in [6.07, 6.45) is 2.24. The summed E-state index contributed by atoms with van der Waals surface area (Å²) in [5, 5.41) is 3.38. The predicted octanol–water partition coefficient (Wildman–Crippen LogP) is 2.06. The van der Waals surface area contributed by atoms with E-state index in [2.05, 4.69) is 29.3 Å². The second-order valence-electron chi connectivity index (χ2n) is 5.35. The van der Waals surface area contributed by atoms with Crippen LogP contribution in [0.3, 0.4) is 0 Å². The first-order chi connectivity index (χ1) is 9.71. The van der Waals surface area contributed by atoms with Gasteiger partial charge in [0.05, 0.1) is 14.2 Å². The van der Waals surface area contributed by atoms with Crippen LogP contribution in [-0.4, -0.2) is 45.3 Å². The van der Waals surface area contributed by atoms with E-state index in [1.54, 1.807) is 14.2 Å². The van der Waals surface area contributed by atoms with Gasteiger partial charge in [-0.1, -0.05) is 6.92 Å². The van der Waals surface area contributed by atoms with Crippen LogP contribution in [-0.2, 0) is 13.0 Å². The number of rotatable bonds is 6. The van der Waals surface area contributed by atoms with Crippen molar-refractivity contribution in [2.24, 2.45) is 0 Å². The van der Waals surface area contributed by atoms with Crippen molar-refractivity contribution in [3.05, 3.63) is 23.3 Å². The summed E-state index contributed by atoms with van der Waals surface area (Å²) in [6.45, 7) is 5.43. The van der Waals surface area contributed by atoms with E-state index >= 15 is 0 Å². The smallest absolute Gasteiger partial charge is 0.161 e. The summed E-state index contributed by atoms with van der Waals surface area (Å²) in [4.78, 5) is 2.51. The molecule has 1 heterocycles. The van der Waals surface area contributed by atoms with E-state index in [0.29, 0.717) is 6.04 Å². The monoisotopic (exact) mass is 278 g/mol. The number of benzene rings is 1. The summed E-state index contributed by atoms with van der Waals surface area (Å²) >= 11 is 0. The maximum absolute atomic E-state index is 5.41. The zero-order valence-electron chi connectivity index (χ0n) is 13.0. The van der Waals surface area contributed by atoms with Gasteiger partial charge >= 0.3 is 0 Å². The summed E-state index contributed by atoms with van der Waals surface area (Å²) in [6, 6.07) is 4.82. The van der Waals surface area contributed by atoms with Crippen molar-refractivity contribution in [1.29, 1.82) is 0 Å². The number of nitrogens with one attached hydrogen (secondary N) is 1. The van der Waals surface area contributed by atoms with Crippen LogP contribution in [0.5, 0.6) is 11.5 Å². The van der Waals surface area contributed by atoms with E-state index in [0.717, 1.165) is 44.0 Å². The number of likely N-dealkylation sites (N-methyl/N-ethyl adjacent to an activating group) is 1. The minimum atomic E-state index is 0.566. The summed E-state index contributed by atoms with van der Waals surface area (Å²) in [5.41, 5.74) is 2.75. The fraction of sp³-hybridized carbons (Fsp3) is 0.625. The van der Waals surface area contributed by atoms with Crippen LogP contribution >= 0.6 is 0 Å². The average Bonchev–Trinajstić information content (AvgIpc) is 2.50. The average molecular weight is 278 g/mol. The number of fused-ring (bicyclic) bond motifs is 1. The first kappa shape index (κ1) is 15.1. The summed E-state index contributed by atoms with van der Waals surface area (Å²) in [5.74, 6) is 1.66. The Kier molecular flexibility index (Phi) is 5.26. The highest BCUT2D eigenvalue weighted by molar-refractivity contribution is 5.48. The molecule has 20 heavy (non-hydrogen) atoms. The van der Waals surface area contributed by atoms with E-state index in [1.165, 1.54) is 11.1 Å². The van der Waals surface area contributed by atoms with Gasteiger partial charge in [-0.25, -0.2) is 0 Å². The third kappa shape index (κ3) is 3.25. The molecule has 0 aliphatic carbocycles. The molecule has 1 aromatic rings. The molecule has 0 bridgehead atoms. The molecule has 1 N–H and O–H groups in total. The fourth-order valence-corrected chi connectivity index (χ4v) is 2.83. The summed E-state index contributed by atoms with van der Waals surface area (Å²) < 4.78 is 10.8. The Hall–Kier alpha value is -1.26. The molecule has 0 amide bonds. The second-order valence-corrected chi connectivity index (χ2v) is 5.35. The summed E-state index contributed by atoms with van der Waals surface area (Å²) in [7, 11) is 5.43. The van der Waals surface area contributed by atoms with E-state index in [-0.39, 0.29) is 0 Å². The molecule has 1 aliphatic rings. The Morgan fingerprint density at radius 2 is 1.85 bits per heavy atom. The molecule has 0 saturated carbocycles. The maximum atomic E-state index is 5.41. The van der Waals surface area contributed by atoms with Crippen LogP contribution in [0.25, 0.3) is 0 Å². The molecule has 2 rings (SSSR count). The Morgan fingerprint density at radius 3 is 2.40 bits per heavy atom. The zero-order chi connectivity index (χ0) is 14.5. The molecular weight excluding hydrogens is 252 g/mol. The van der Waals surface area contributed by atoms with Crippen LogP contribution < -0.4 is 14.8 Å². The molecular formula is C16H26N2O2. The van der Waals surface area contributed by atoms with Crippen LogP contribution in [0.15, 0.2) is 12.1 Å². The van der Waals surface area contributed by atoms with Crippen molar-refractivity contribution in [2.75, 3.05) is 34.4 Å². The molecule has 0 radical (unpaired) electrons. The molecule has 112 valence electrons. The topological polar surface area (TPSA) is 33.7 Å². The Bertz CT molecular complexity index is 444. The molecule has 0 aromatic heterocycles. The van der Waals surface area contributed by atoms with Gasteiger partial charge < -0.3 is 14.8 Å². The Labute approximate surface area is 122 Å². The number of ether oxygens (including phenoxy) is 2. The van der Waals surface area contributed by atoms with Gasteiger partial charge in [0.25, 0.3) is 0 Å². The molecule has 0 saturated heterocycles. The van der Waals surface area contributed by atoms with Crippen molar-refractivity contribution >= 4 is 0 Å². The maximum Gasteiger partial charge on any atom is 0.161 e. The zero-order valence-corrected chi connectivity index (χ0v) is 13.0. The van der Waals surface area contributed by atoms with Gasteiger partial charge in [0.15, 0.2) is 11.5 Å². The molecule has 1 atom stereocenters. The first-order valence-corrected chi connectivity index (χ1v) is 7.35. The van der Waals surface area contributed by atoms with Crippen molar-refractivity contribution in [3.63, 3.8) is 0 Å². The van der Waals surface area contributed by atoms with Gasteiger partial charge in [0.1, 0.15) is 0 Å². The van der Waals surface area contributed by atoms with Crippen molar-refractivity contribution in [1.82, 2.24) is 10.2 Å². The van der Waals surface area contributed by atoms with Gasteiger partial charge in [0.2, 0.25) is 0 Å². The number of hydrogen-bond donors (Lipinski definition) is 1. The Balaban J connectivity index is 2.13. The van der Waals surface area contributed by atoms with Crippen molar-refractivity contribution < 1.29 is 9.47 Å². The van der Waals surface area contributed by atoms with Gasteiger partial charge in [-0.3, -0.25) is 4.90 Å². The van der Waals surface area contributed by atoms with E-state index in [4.69, 9.17) is 9.47 Å². The highest BCUT2D eigenvalue weighted by atomic mass is 16.5. The molecule has 0 spiro atoms. The minimum Gasteiger partial charge on any atom is -0.493 e. The third-order valence-corrected chi connectivity index (χ3v) is 4.18. The lowest BCUT2D eigenvalue weighted by Crippen LogP contribution is -2.41. The van der Waals surface area contributed by atoms with Crippen LogP contribution in [0, 0.1) is 0 Å². The lowest BCUT2D eigenvalue weighted by atomic mass is 9.98.